The molecule has 46 heavy (non-hydrogen) atoms. The van der Waals surface area contributed by atoms with Crippen LogP contribution in [0, 0.1) is 5.92 Å². The second-order valence-electron chi connectivity index (χ2n) is 16.2. The van der Waals surface area contributed by atoms with E-state index in [9.17, 15) is 0 Å². The molecule has 252 valence electrons. The highest BCUT2D eigenvalue weighted by atomic mass is 28.4. The van der Waals surface area contributed by atoms with E-state index in [4.69, 9.17) is 15.4 Å². The van der Waals surface area contributed by atoms with Crippen molar-refractivity contribution in [3.63, 3.8) is 0 Å². The monoisotopic (exact) mass is 656 g/mol. The fourth-order valence-corrected chi connectivity index (χ4v) is 11.8. The molecular formula is C42H64O2Si2. The van der Waals surface area contributed by atoms with E-state index in [1.165, 1.54) is 32.7 Å². The van der Waals surface area contributed by atoms with E-state index < -0.39 is 16.6 Å². The molecule has 0 saturated heterocycles. The van der Waals surface area contributed by atoms with Gasteiger partial charge in [0.05, 0.1) is 13.2 Å². The second-order valence-corrected chi connectivity index (χ2v) is 25.3. The van der Waals surface area contributed by atoms with Gasteiger partial charge in [0.1, 0.15) is 0 Å². The Morgan fingerprint density at radius 3 is 1.76 bits per heavy atom. The maximum atomic E-state index is 7.36. The molecule has 1 aliphatic rings. The van der Waals surface area contributed by atoms with Gasteiger partial charge in [-0.3, -0.25) is 0 Å². The first-order valence-electron chi connectivity index (χ1n) is 17.6. The lowest BCUT2D eigenvalue weighted by Gasteiger charge is -2.43. The molecule has 0 N–H and O–H groups in total. The molecule has 0 amide bonds. The molecule has 2 nitrogen and oxygen atoms in total. The first-order chi connectivity index (χ1) is 21.6. The van der Waals surface area contributed by atoms with E-state index in [0.29, 0.717) is 12.5 Å². The van der Waals surface area contributed by atoms with E-state index in [1.807, 2.05) is 0 Å². The highest BCUT2D eigenvalue weighted by Crippen LogP contribution is 2.39. The van der Waals surface area contributed by atoms with Crippen LogP contribution in [-0.4, -0.2) is 29.8 Å². The molecule has 0 aromatic heterocycles. The molecule has 0 heterocycles. The maximum absolute atomic E-state index is 7.36. The third kappa shape index (κ3) is 10.4. The first-order valence-corrected chi connectivity index (χ1v) is 22.4. The molecule has 2 aromatic carbocycles. The Balaban J connectivity index is 1.94. The van der Waals surface area contributed by atoms with Crippen LogP contribution in [-0.2, 0) is 8.85 Å². The zero-order valence-corrected chi connectivity index (χ0v) is 33.0. The van der Waals surface area contributed by atoms with Gasteiger partial charge in [-0.1, -0.05) is 138 Å². The average molecular weight is 657 g/mol. The van der Waals surface area contributed by atoms with Crippen molar-refractivity contribution in [1.82, 2.24) is 0 Å². The van der Waals surface area contributed by atoms with Crippen LogP contribution >= 0.6 is 0 Å². The maximum Gasteiger partial charge on any atom is 0.261 e. The van der Waals surface area contributed by atoms with Gasteiger partial charge in [0.2, 0.25) is 0 Å². The minimum atomic E-state index is -2.64. The van der Waals surface area contributed by atoms with Crippen molar-refractivity contribution >= 4 is 27.0 Å². The molecule has 0 aliphatic heterocycles. The Bertz CT molecular complexity index is 1300. The third-order valence-electron chi connectivity index (χ3n) is 10.5. The van der Waals surface area contributed by atoms with Gasteiger partial charge in [-0.2, -0.15) is 0 Å². The van der Waals surface area contributed by atoms with Crippen LogP contribution in [0.25, 0.3) is 0 Å². The molecule has 0 fully saturated rings. The highest BCUT2D eigenvalue weighted by molar-refractivity contribution is 6.99. The fraction of sp³-hybridized carbons (Fsp3) is 0.524. The van der Waals surface area contributed by atoms with Crippen molar-refractivity contribution in [2.45, 2.75) is 124 Å². The van der Waals surface area contributed by atoms with Crippen molar-refractivity contribution in [3.8, 4) is 0 Å². The Morgan fingerprint density at radius 2 is 1.24 bits per heavy atom. The number of hydrogen-bond acceptors (Lipinski definition) is 2. The van der Waals surface area contributed by atoms with Crippen molar-refractivity contribution in [3.05, 3.63) is 108 Å². The molecular weight excluding hydrogens is 593 g/mol. The Labute approximate surface area is 285 Å². The molecule has 3 rings (SSSR count). The van der Waals surface area contributed by atoms with Crippen molar-refractivity contribution in [1.29, 1.82) is 0 Å². The van der Waals surface area contributed by atoms with E-state index in [-0.39, 0.29) is 10.1 Å². The zero-order chi connectivity index (χ0) is 34.0. The summed E-state index contributed by atoms with van der Waals surface area (Å²) in [6, 6.07) is 21.9. The number of benzene rings is 2. The van der Waals surface area contributed by atoms with Crippen LogP contribution in [0.1, 0.15) is 100 Å². The molecule has 1 aliphatic carbocycles. The Morgan fingerprint density at radius 1 is 0.717 bits per heavy atom. The Hall–Kier alpha value is -2.25. The summed E-state index contributed by atoms with van der Waals surface area (Å²) in [5.41, 5.74) is 5.63. The lowest BCUT2D eigenvalue weighted by atomic mass is 9.89. The molecule has 0 saturated carbocycles. The quantitative estimate of drug-likeness (QED) is 0.197. The fourth-order valence-electron chi connectivity index (χ4n) is 6.26. The van der Waals surface area contributed by atoms with Crippen LogP contribution in [0.5, 0.6) is 0 Å². The van der Waals surface area contributed by atoms with Crippen molar-refractivity contribution < 1.29 is 8.85 Å². The molecule has 4 heteroatoms. The second kappa shape index (κ2) is 16.7. The smallest absolute Gasteiger partial charge is 0.261 e. The van der Waals surface area contributed by atoms with E-state index in [1.54, 1.807) is 0 Å². The van der Waals surface area contributed by atoms with Crippen LogP contribution in [0.15, 0.2) is 108 Å². The number of allylic oxidation sites excluding steroid dienone is 5. The molecule has 0 spiro atoms. The van der Waals surface area contributed by atoms with E-state index in [2.05, 4.69) is 147 Å². The van der Waals surface area contributed by atoms with Crippen LogP contribution < -0.4 is 10.4 Å². The van der Waals surface area contributed by atoms with E-state index in [0.717, 1.165) is 51.6 Å². The lowest BCUT2D eigenvalue weighted by molar-refractivity contribution is 0.309. The van der Waals surface area contributed by atoms with Gasteiger partial charge in [-0.05, 0) is 109 Å². The van der Waals surface area contributed by atoms with Crippen molar-refractivity contribution in [2.75, 3.05) is 13.2 Å². The summed E-state index contributed by atoms with van der Waals surface area (Å²) in [6.45, 7) is 29.4. The molecule has 0 radical (unpaired) electrons. The summed E-state index contributed by atoms with van der Waals surface area (Å²) < 4.78 is 14.1. The Kier molecular flexibility index (Phi) is 13.9. The van der Waals surface area contributed by atoms with Crippen molar-refractivity contribution in [2.24, 2.45) is 5.92 Å². The van der Waals surface area contributed by atoms with Crippen LogP contribution in [0.3, 0.4) is 0 Å². The standard InChI is InChI=1S/C42H64O2Si2/c1-34-20-18-21-35(2)28-30-38(31-29-37(23-19-22-34)33-43-45(10,11)41(4,5)6)36(3)32-44-46(42(7,8)9,39-24-14-12-15-25-39)40-26-16-13-17-27-40/h12-17,21-22,24-27,29,38H,3,18-20,23,28,30-33H2,1-2,4-11H3/b34-22?,35-21+,37-29-/t38-/m1/s1. The zero-order valence-electron chi connectivity index (χ0n) is 31.0. The molecule has 2 aromatic rings. The van der Waals surface area contributed by atoms with Gasteiger partial charge in [0.15, 0.2) is 8.32 Å². The molecule has 0 bridgehead atoms. The summed E-state index contributed by atoms with van der Waals surface area (Å²) in [4.78, 5) is 0. The van der Waals surface area contributed by atoms with Gasteiger partial charge in [0, 0.05) is 0 Å². The van der Waals surface area contributed by atoms with Gasteiger partial charge in [0.25, 0.3) is 8.32 Å². The van der Waals surface area contributed by atoms with Gasteiger partial charge < -0.3 is 8.85 Å². The largest absolute Gasteiger partial charge is 0.413 e. The van der Waals surface area contributed by atoms with Gasteiger partial charge >= 0.3 is 0 Å². The van der Waals surface area contributed by atoms with Crippen LogP contribution in [0.4, 0.5) is 0 Å². The van der Waals surface area contributed by atoms with Crippen LogP contribution in [0.2, 0.25) is 23.2 Å². The predicted octanol–water partition coefficient (Wildman–Crippen LogP) is 11.3. The van der Waals surface area contributed by atoms with E-state index >= 15 is 0 Å². The molecule has 0 unspecified atom stereocenters. The summed E-state index contributed by atoms with van der Waals surface area (Å²) >= 11 is 0. The number of rotatable bonds is 9. The summed E-state index contributed by atoms with van der Waals surface area (Å²) in [6.07, 6.45) is 15.0. The first kappa shape index (κ1) is 38.2. The predicted molar refractivity (Wildman–Crippen MR) is 207 cm³/mol. The molecule has 1 atom stereocenters. The lowest BCUT2D eigenvalue weighted by Crippen LogP contribution is -2.66. The average Bonchev–Trinajstić information content (AvgIpc) is 2.99. The summed E-state index contributed by atoms with van der Waals surface area (Å²) in [5.74, 6) is 0.352. The minimum absolute atomic E-state index is 0.0572. The normalized spacial score (nSPS) is 20.5. The minimum Gasteiger partial charge on any atom is -0.413 e. The third-order valence-corrected chi connectivity index (χ3v) is 19.9. The SMILES string of the molecule is C=C(CO[Si](c1ccccc1)(c1ccccc1)C(C)(C)C)[C@H]1C/C=C(\CO[Si](C)(C)C(C)(C)C)CCC=C(C)CC/C=C(\C)CC1. The van der Waals surface area contributed by atoms with Gasteiger partial charge in [-0.25, -0.2) is 0 Å². The number of hydrogen-bond donors (Lipinski definition) is 0. The summed E-state index contributed by atoms with van der Waals surface area (Å²) in [7, 11) is -4.49. The van der Waals surface area contributed by atoms with Gasteiger partial charge in [-0.15, -0.1) is 0 Å². The highest BCUT2D eigenvalue weighted by Gasteiger charge is 2.50. The summed E-state index contributed by atoms with van der Waals surface area (Å²) in [5, 5.41) is 2.78. The topological polar surface area (TPSA) is 18.5 Å².